The highest BCUT2D eigenvalue weighted by atomic mass is 35.5. The third kappa shape index (κ3) is 5.73. The largest absolute Gasteiger partial charge is 0.490 e. The lowest BCUT2D eigenvalue weighted by molar-refractivity contribution is -0.169. The highest BCUT2D eigenvalue weighted by Crippen LogP contribution is 2.28. The van der Waals surface area contributed by atoms with Crippen LogP contribution in [0.3, 0.4) is 0 Å². The van der Waals surface area contributed by atoms with Crippen molar-refractivity contribution >= 4 is 23.4 Å². The molecule has 0 aromatic heterocycles. The second-order valence-electron chi connectivity index (χ2n) is 8.96. The summed E-state index contributed by atoms with van der Waals surface area (Å²) in [4.78, 5) is 32.2. The molecule has 0 aliphatic carbocycles. The molecule has 0 spiro atoms. The molecule has 3 aliphatic heterocycles. The van der Waals surface area contributed by atoms with Crippen molar-refractivity contribution in [3.63, 3.8) is 0 Å². The van der Waals surface area contributed by atoms with E-state index in [1.807, 2.05) is 24.1 Å². The molecule has 4 rings (SSSR count). The summed E-state index contributed by atoms with van der Waals surface area (Å²) in [7, 11) is 2.04. The average molecular weight is 466 g/mol. The van der Waals surface area contributed by atoms with Gasteiger partial charge in [0.25, 0.3) is 0 Å². The molecule has 1 aromatic rings. The van der Waals surface area contributed by atoms with Gasteiger partial charge in [-0.25, -0.2) is 0 Å². The number of benzene rings is 1. The zero-order valence-corrected chi connectivity index (χ0v) is 19.4. The second kappa shape index (κ2) is 10.4. The Bertz CT molecular complexity index is 819. The number of hydrogen-bond acceptors (Lipinski definition) is 6. The van der Waals surface area contributed by atoms with Crippen LogP contribution in [0.1, 0.15) is 12.8 Å². The van der Waals surface area contributed by atoms with Gasteiger partial charge in [-0.15, -0.1) is 0 Å². The van der Waals surface area contributed by atoms with Crippen molar-refractivity contribution in [1.82, 2.24) is 14.7 Å². The zero-order valence-electron chi connectivity index (χ0n) is 18.6. The number of ether oxygens (including phenoxy) is 3. The molecule has 0 unspecified atom stereocenters. The van der Waals surface area contributed by atoms with Gasteiger partial charge in [-0.05, 0) is 38.2 Å². The first kappa shape index (κ1) is 23.3. The fourth-order valence-electron chi connectivity index (χ4n) is 4.64. The van der Waals surface area contributed by atoms with Gasteiger partial charge < -0.3 is 28.9 Å². The first-order valence-electron chi connectivity index (χ1n) is 11.3. The molecule has 8 nitrogen and oxygen atoms in total. The van der Waals surface area contributed by atoms with Crippen LogP contribution in [0, 0.1) is 5.92 Å². The first-order chi connectivity index (χ1) is 15.4. The van der Waals surface area contributed by atoms with Crippen LogP contribution in [0.15, 0.2) is 24.3 Å². The van der Waals surface area contributed by atoms with E-state index in [1.165, 1.54) is 0 Å². The number of likely N-dealkylation sites (tertiary alicyclic amines) is 1. The fraction of sp³-hybridized carbons (Fsp3) is 0.652. The lowest BCUT2D eigenvalue weighted by Crippen LogP contribution is -2.59. The summed E-state index contributed by atoms with van der Waals surface area (Å²) in [5.41, 5.74) is -0.907. The van der Waals surface area contributed by atoms with Crippen LogP contribution in [0.25, 0.3) is 0 Å². The van der Waals surface area contributed by atoms with Gasteiger partial charge in [0.2, 0.25) is 11.8 Å². The van der Waals surface area contributed by atoms with Crippen molar-refractivity contribution in [2.24, 2.45) is 5.92 Å². The van der Waals surface area contributed by atoms with E-state index < -0.39 is 5.60 Å². The van der Waals surface area contributed by atoms with Crippen LogP contribution in [-0.4, -0.2) is 105 Å². The number of morpholine rings is 2. The monoisotopic (exact) mass is 465 g/mol. The molecule has 176 valence electrons. The number of hydrogen-bond donors (Lipinski definition) is 0. The summed E-state index contributed by atoms with van der Waals surface area (Å²) < 4.78 is 17.6. The Morgan fingerprint density at radius 2 is 1.94 bits per heavy atom. The number of rotatable bonds is 6. The molecule has 3 saturated heterocycles. The third-order valence-electron chi connectivity index (χ3n) is 6.44. The highest BCUT2D eigenvalue weighted by molar-refractivity contribution is 6.30. The van der Waals surface area contributed by atoms with Crippen molar-refractivity contribution in [2.75, 3.05) is 72.7 Å². The predicted octanol–water partition coefficient (Wildman–Crippen LogP) is 1.52. The van der Waals surface area contributed by atoms with Crippen molar-refractivity contribution in [3.8, 4) is 5.75 Å². The van der Waals surface area contributed by atoms with Gasteiger partial charge in [-0.3, -0.25) is 9.59 Å². The van der Waals surface area contributed by atoms with E-state index >= 15 is 0 Å². The third-order valence-corrected chi connectivity index (χ3v) is 6.67. The summed E-state index contributed by atoms with van der Waals surface area (Å²) in [6, 6.07) is 7.16. The van der Waals surface area contributed by atoms with Crippen LogP contribution < -0.4 is 4.74 Å². The predicted molar refractivity (Wildman–Crippen MR) is 120 cm³/mol. The number of carbonyl (C=O) groups is 2. The van der Waals surface area contributed by atoms with Crippen molar-refractivity contribution in [1.29, 1.82) is 0 Å². The summed E-state index contributed by atoms with van der Waals surface area (Å²) in [5, 5.41) is 0.577. The standard InChI is InChI=1S/C23H32ClN3O5/c1-25-6-5-18(15-25)22(29)27-9-12-32-23(16-27,14-21(28)26-7-10-30-11-8-26)17-31-20-4-2-3-19(24)13-20/h2-4,13,18H,5-12,14-17H2,1H3/t18-,23-/m0/s1. The fourth-order valence-corrected chi connectivity index (χ4v) is 4.83. The summed E-state index contributed by atoms with van der Waals surface area (Å²) in [5.74, 6) is 0.751. The SMILES string of the molecule is CN1CC[C@H](C(=O)N2CCO[C@@](COc3cccc(Cl)c3)(CC(=O)N3CCOCC3)C2)C1. The Balaban J connectivity index is 1.49. The molecule has 9 heteroatoms. The lowest BCUT2D eigenvalue weighted by atomic mass is 9.95. The number of carbonyl (C=O) groups excluding carboxylic acids is 2. The van der Waals surface area contributed by atoms with E-state index in [1.54, 1.807) is 17.0 Å². The van der Waals surface area contributed by atoms with Gasteiger partial charge in [0.15, 0.2) is 0 Å². The normalized spacial score (nSPS) is 26.9. The molecule has 32 heavy (non-hydrogen) atoms. The Morgan fingerprint density at radius 3 is 2.66 bits per heavy atom. The van der Waals surface area contributed by atoms with E-state index in [0.717, 1.165) is 19.5 Å². The molecule has 0 radical (unpaired) electrons. The maximum Gasteiger partial charge on any atom is 0.227 e. The maximum atomic E-state index is 13.2. The minimum absolute atomic E-state index is 0.000377. The van der Waals surface area contributed by atoms with E-state index in [2.05, 4.69) is 4.90 Å². The highest BCUT2D eigenvalue weighted by Gasteiger charge is 2.44. The van der Waals surface area contributed by atoms with Gasteiger partial charge in [0, 0.05) is 31.2 Å². The van der Waals surface area contributed by atoms with Crippen LogP contribution in [0.2, 0.25) is 5.02 Å². The number of nitrogens with zero attached hydrogens (tertiary/aromatic N) is 3. The van der Waals surface area contributed by atoms with E-state index in [0.29, 0.717) is 56.8 Å². The van der Waals surface area contributed by atoms with Gasteiger partial charge in [0.1, 0.15) is 18.0 Å². The van der Waals surface area contributed by atoms with Crippen LogP contribution in [0.4, 0.5) is 0 Å². The van der Waals surface area contributed by atoms with E-state index in [-0.39, 0.29) is 30.8 Å². The first-order valence-corrected chi connectivity index (χ1v) is 11.7. The van der Waals surface area contributed by atoms with Crippen molar-refractivity contribution in [3.05, 3.63) is 29.3 Å². The molecule has 1 aromatic carbocycles. The number of halogens is 1. The molecular weight excluding hydrogens is 434 g/mol. The topological polar surface area (TPSA) is 71.6 Å². The Labute approximate surface area is 194 Å². The molecule has 2 atom stereocenters. The number of amides is 2. The average Bonchev–Trinajstić information content (AvgIpc) is 3.24. The molecular formula is C23H32ClN3O5. The minimum atomic E-state index is -0.907. The second-order valence-corrected chi connectivity index (χ2v) is 9.39. The Morgan fingerprint density at radius 1 is 1.16 bits per heavy atom. The lowest BCUT2D eigenvalue weighted by Gasteiger charge is -2.43. The van der Waals surface area contributed by atoms with Gasteiger partial charge >= 0.3 is 0 Å². The molecule has 0 bridgehead atoms. The van der Waals surface area contributed by atoms with Crippen LogP contribution in [-0.2, 0) is 19.1 Å². The van der Waals surface area contributed by atoms with Crippen molar-refractivity contribution in [2.45, 2.75) is 18.4 Å². The summed E-state index contributed by atoms with van der Waals surface area (Å²) >= 11 is 6.10. The smallest absolute Gasteiger partial charge is 0.227 e. The van der Waals surface area contributed by atoms with E-state index in [9.17, 15) is 9.59 Å². The van der Waals surface area contributed by atoms with E-state index in [4.69, 9.17) is 25.8 Å². The van der Waals surface area contributed by atoms with Gasteiger partial charge in [0.05, 0.1) is 38.7 Å². The Hall–Kier alpha value is -1.87. The minimum Gasteiger partial charge on any atom is -0.490 e. The zero-order chi connectivity index (χ0) is 22.6. The van der Waals surface area contributed by atoms with Crippen LogP contribution in [0.5, 0.6) is 5.75 Å². The molecule has 3 heterocycles. The Kier molecular flexibility index (Phi) is 7.55. The van der Waals surface area contributed by atoms with Gasteiger partial charge in [-0.2, -0.15) is 0 Å². The molecule has 3 fully saturated rings. The molecule has 0 N–H and O–H groups in total. The molecule has 2 amide bonds. The summed E-state index contributed by atoms with van der Waals surface area (Å²) in [6.45, 7) is 5.33. The quantitative estimate of drug-likeness (QED) is 0.634. The molecule has 0 saturated carbocycles. The van der Waals surface area contributed by atoms with Gasteiger partial charge in [-0.1, -0.05) is 17.7 Å². The summed E-state index contributed by atoms with van der Waals surface area (Å²) in [6.07, 6.45) is 1.02. The maximum absolute atomic E-state index is 13.2. The van der Waals surface area contributed by atoms with Crippen LogP contribution >= 0.6 is 11.6 Å². The molecule has 3 aliphatic rings. The van der Waals surface area contributed by atoms with Crippen molar-refractivity contribution < 1.29 is 23.8 Å².